The highest BCUT2D eigenvalue weighted by Gasteiger charge is 2.20. The first-order valence-electron chi connectivity index (χ1n) is 8.44. The smallest absolute Gasteiger partial charge is 0.341 e. The number of nitrogens with one attached hydrogen (secondary N) is 1. The molecule has 2 rings (SSSR count). The van der Waals surface area contributed by atoms with Gasteiger partial charge in [-0.3, -0.25) is 4.79 Å². The molecule has 0 spiro atoms. The van der Waals surface area contributed by atoms with Crippen molar-refractivity contribution in [3.05, 3.63) is 42.0 Å². The van der Waals surface area contributed by atoms with Gasteiger partial charge in [-0.2, -0.15) is 0 Å². The average molecular weight is 391 g/mol. The number of carbonyl (C=O) groups excluding carboxylic acids is 3. The Labute approximate surface area is 161 Å². The third-order valence-electron chi connectivity index (χ3n) is 3.33. The van der Waals surface area contributed by atoms with Crippen LogP contribution in [-0.2, 0) is 23.8 Å². The fourth-order valence-corrected chi connectivity index (χ4v) is 3.19. The molecule has 1 heterocycles. The first-order valence-corrected chi connectivity index (χ1v) is 9.26. The van der Waals surface area contributed by atoms with E-state index >= 15 is 0 Å². The van der Waals surface area contributed by atoms with Gasteiger partial charge in [-0.1, -0.05) is 30.3 Å². The number of hydrogen-bond donors (Lipinski definition) is 1. The van der Waals surface area contributed by atoms with Crippen LogP contribution in [0.4, 0.5) is 5.00 Å². The van der Waals surface area contributed by atoms with E-state index in [1.807, 2.05) is 30.3 Å². The van der Waals surface area contributed by atoms with Gasteiger partial charge in [0.2, 0.25) is 0 Å². The van der Waals surface area contributed by atoms with Crippen LogP contribution in [0.3, 0.4) is 0 Å². The molecule has 27 heavy (non-hydrogen) atoms. The molecule has 0 fully saturated rings. The lowest BCUT2D eigenvalue weighted by Gasteiger charge is -2.07. The quantitative estimate of drug-likeness (QED) is 0.661. The molecule has 0 radical (unpaired) electrons. The minimum atomic E-state index is -0.631. The summed E-state index contributed by atoms with van der Waals surface area (Å²) >= 11 is 1.25. The lowest BCUT2D eigenvalue weighted by molar-refractivity contribution is -0.151. The van der Waals surface area contributed by atoms with Gasteiger partial charge in [0.1, 0.15) is 11.6 Å². The van der Waals surface area contributed by atoms with E-state index in [0.29, 0.717) is 11.6 Å². The van der Waals surface area contributed by atoms with Crippen LogP contribution in [0.15, 0.2) is 36.4 Å². The largest absolute Gasteiger partial charge is 0.462 e. The van der Waals surface area contributed by atoms with Crippen LogP contribution in [0, 0.1) is 0 Å². The average Bonchev–Trinajstić information content (AvgIpc) is 3.09. The number of esters is 2. The van der Waals surface area contributed by atoms with E-state index in [-0.39, 0.29) is 18.8 Å². The highest BCUT2D eigenvalue weighted by molar-refractivity contribution is 7.20. The zero-order chi connectivity index (χ0) is 19.6. The van der Waals surface area contributed by atoms with Crippen molar-refractivity contribution in [3.8, 4) is 10.4 Å². The zero-order valence-electron chi connectivity index (χ0n) is 15.2. The summed E-state index contributed by atoms with van der Waals surface area (Å²) in [5.41, 5.74) is 1.17. The molecule has 1 amide bonds. The summed E-state index contributed by atoms with van der Waals surface area (Å²) in [7, 11) is 0. The minimum Gasteiger partial charge on any atom is -0.462 e. The fraction of sp³-hybridized carbons (Fsp3) is 0.316. The Kier molecular flexibility index (Phi) is 7.97. The third-order valence-corrected chi connectivity index (χ3v) is 4.43. The Morgan fingerprint density at radius 3 is 2.41 bits per heavy atom. The van der Waals surface area contributed by atoms with E-state index in [1.165, 1.54) is 11.3 Å². The molecule has 1 aromatic carbocycles. The molecular formula is C19H21NO6S. The highest BCUT2D eigenvalue weighted by Crippen LogP contribution is 2.35. The number of anilines is 1. The van der Waals surface area contributed by atoms with E-state index in [4.69, 9.17) is 14.2 Å². The summed E-state index contributed by atoms with van der Waals surface area (Å²) in [6, 6.07) is 11.1. The topological polar surface area (TPSA) is 90.9 Å². The molecule has 0 unspecified atom stereocenters. The summed E-state index contributed by atoms with van der Waals surface area (Å²) in [5, 5.41) is 2.96. The Morgan fingerprint density at radius 1 is 1.00 bits per heavy atom. The second-order valence-corrected chi connectivity index (χ2v) is 6.34. The number of rotatable bonds is 9. The lowest BCUT2D eigenvalue weighted by atomic mass is 10.1. The van der Waals surface area contributed by atoms with Gasteiger partial charge in [0.25, 0.3) is 5.91 Å². The molecule has 0 aliphatic rings. The van der Waals surface area contributed by atoms with Gasteiger partial charge in [0, 0.05) is 11.5 Å². The van der Waals surface area contributed by atoms with Gasteiger partial charge in [0.15, 0.2) is 6.61 Å². The number of carbonyl (C=O) groups is 3. The van der Waals surface area contributed by atoms with Crippen LogP contribution in [0.1, 0.15) is 24.2 Å². The highest BCUT2D eigenvalue weighted by atomic mass is 32.1. The maximum absolute atomic E-state index is 12.2. The van der Waals surface area contributed by atoms with Crippen LogP contribution in [-0.4, -0.2) is 44.3 Å². The van der Waals surface area contributed by atoms with E-state index in [9.17, 15) is 14.4 Å². The molecule has 1 aromatic heterocycles. The second-order valence-electron chi connectivity index (χ2n) is 5.29. The minimum absolute atomic E-state index is 0.213. The number of ether oxygens (including phenoxy) is 3. The van der Waals surface area contributed by atoms with Crippen molar-refractivity contribution < 1.29 is 28.6 Å². The van der Waals surface area contributed by atoms with Gasteiger partial charge in [-0.25, -0.2) is 9.59 Å². The van der Waals surface area contributed by atoms with Crippen LogP contribution in [0.2, 0.25) is 0 Å². The van der Waals surface area contributed by atoms with E-state index in [1.54, 1.807) is 19.9 Å². The Bertz CT molecular complexity index is 787. The summed E-state index contributed by atoms with van der Waals surface area (Å²) in [4.78, 5) is 36.5. The molecule has 0 bridgehead atoms. The van der Waals surface area contributed by atoms with Crippen molar-refractivity contribution in [1.82, 2.24) is 0 Å². The summed E-state index contributed by atoms with van der Waals surface area (Å²) < 4.78 is 14.8. The van der Waals surface area contributed by atoms with Crippen molar-refractivity contribution in [2.75, 3.05) is 31.7 Å². The van der Waals surface area contributed by atoms with Gasteiger partial charge < -0.3 is 19.5 Å². The molecule has 7 nitrogen and oxygen atoms in total. The lowest BCUT2D eigenvalue weighted by Crippen LogP contribution is -2.23. The normalized spacial score (nSPS) is 10.3. The number of benzene rings is 1. The van der Waals surface area contributed by atoms with Crippen LogP contribution >= 0.6 is 11.3 Å². The van der Waals surface area contributed by atoms with E-state index in [0.717, 1.165) is 10.4 Å². The SMILES string of the molecule is CCOCC(=O)OCC(=O)Nc1sc(-c2ccccc2)cc1C(=O)OCC. The summed E-state index contributed by atoms with van der Waals surface area (Å²) in [6.07, 6.45) is 0. The maximum Gasteiger partial charge on any atom is 0.341 e. The van der Waals surface area contributed by atoms with Crippen LogP contribution < -0.4 is 5.32 Å². The first kappa shape index (κ1) is 20.6. The third kappa shape index (κ3) is 6.19. The van der Waals surface area contributed by atoms with Crippen molar-refractivity contribution in [1.29, 1.82) is 0 Å². The molecule has 0 saturated heterocycles. The van der Waals surface area contributed by atoms with E-state index < -0.39 is 24.5 Å². The zero-order valence-corrected chi connectivity index (χ0v) is 16.0. The van der Waals surface area contributed by atoms with Crippen molar-refractivity contribution in [3.63, 3.8) is 0 Å². The molecule has 0 aliphatic heterocycles. The molecule has 144 valence electrons. The second kappa shape index (κ2) is 10.4. The van der Waals surface area contributed by atoms with Gasteiger partial charge >= 0.3 is 11.9 Å². The van der Waals surface area contributed by atoms with Crippen molar-refractivity contribution in [2.24, 2.45) is 0 Å². The van der Waals surface area contributed by atoms with E-state index in [2.05, 4.69) is 5.32 Å². The maximum atomic E-state index is 12.2. The molecule has 0 atom stereocenters. The summed E-state index contributed by atoms with van der Waals surface area (Å²) in [5.74, 6) is -1.71. The predicted octanol–water partition coefficient (Wildman–Crippen LogP) is 3.11. The van der Waals surface area contributed by atoms with Crippen molar-refractivity contribution >= 4 is 34.2 Å². The Hall–Kier alpha value is -2.71. The van der Waals surface area contributed by atoms with Crippen LogP contribution in [0.5, 0.6) is 0 Å². The fourth-order valence-electron chi connectivity index (χ4n) is 2.12. The van der Waals surface area contributed by atoms with Crippen molar-refractivity contribution in [2.45, 2.75) is 13.8 Å². The van der Waals surface area contributed by atoms with Crippen LogP contribution in [0.25, 0.3) is 10.4 Å². The molecule has 0 saturated carbocycles. The van der Waals surface area contributed by atoms with Gasteiger partial charge in [-0.05, 0) is 25.5 Å². The van der Waals surface area contributed by atoms with Gasteiger partial charge in [0.05, 0.1) is 12.2 Å². The first-order chi connectivity index (χ1) is 13.0. The monoisotopic (exact) mass is 391 g/mol. The Balaban J connectivity index is 2.11. The predicted molar refractivity (Wildman–Crippen MR) is 102 cm³/mol. The molecular weight excluding hydrogens is 370 g/mol. The van der Waals surface area contributed by atoms with Gasteiger partial charge in [-0.15, -0.1) is 11.3 Å². The Morgan fingerprint density at radius 2 is 1.74 bits per heavy atom. The number of amides is 1. The number of hydrogen-bond acceptors (Lipinski definition) is 7. The standard InChI is InChI=1S/C19H21NO6S/c1-3-24-12-17(22)26-11-16(21)20-18-14(19(23)25-4-2)10-15(27-18)13-8-6-5-7-9-13/h5-10H,3-4,11-12H2,1-2H3,(H,20,21). The summed E-state index contributed by atoms with van der Waals surface area (Å²) in [6.45, 7) is 3.37. The molecule has 1 N–H and O–H groups in total. The molecule has 8 heteroatoms. The molecule has 0 aliphatic carbocycles. The number of thiophene rings is 1. The molecule has 2 aromatic rings.